The second-order valence-electron chi connectivity index (χ2n) is 6.43. The highest BCUT2D eigenvalue weighted by Crippen LogP contribution is 2.26. The quantitative estimate of drug-likeness (QED) is 0.412. The van der Waals surface area contributed by atoms with Gasteiger partial charge >= 0.3 is 11.9 Å². The number of rotatable bonds is 15. The van der Waals surface area contributed by atoms with E-state index in [9.17, 15) is 14.7 Å². The third-order valence-electron chi connectivity index (χ3n) is 4.30. The van der Waals surface area contributed by atoms with Crippen LogP contribution in [-0.4, -0.2) is 22.2 Å². The fourth-order valence-corrected chi connectivity index (χ4v) is 2.96. The maximum absolute atomic E-state index is 11.4. The highest BCUT2D eigenvalue weighted by Gasteiger charge is 2.23. The van der Waals surface area contributed by atoms with E-state index in [4.69, 9.17) is 5.11 Å². The van der Waals surface area contributed by atoms with Gasteiger partial charge in [0, 0.05) is 6.42 Å². The Morgan fingerprint density at radius 2 is 1.41 bits per heavy atom. The zero-order valence-corrected chi connectivity index (χ0v) is 14.4. The highest BCUT2D eigenvalue weighted by molar-refractivity contribution is 5.70. The molecule has 130 valence electrons. The molecule has 2 atom stereocenters. The maximum atomic E-state index is 11.4. The van der Waals surface area contributed by atoms with Gasteiger partial charge in [0.2, 0.25) is 0 Å². The minimum Gasteiger partial charge on any atom is -0.481 e. The molecule has 0 amide bonds. The fourth-order valence-electron chi connectivity index (χ4n) is 2.96. The summed E-state index contributed by atoms with van der Waals surface area (Å²) in [6.45, 7) is 4.25. The second kappa shape index (κ2) is 13.6. The molecule has 22 heavy (non-hydrogen) atoms. The highest BCUT2D eigenvalue weighted by atomic mass is 16.4. The topological polar surface area (TPSA) is 74.6 Å². The van der Waals surface area contributed by atoms with Crippen molar-refractivity contribution in [3.63, 3.8) is 0 Å². The third-order valence-corrected chi connectivity index (χ3v) is 4.30. The van der Waals surface area contributed by atoms with Gasteiger partial charge in [-0.2, -0.15) is 0 Å². The lowest BCUT2D eigenvalue weighted by Gasteiger charge is -2.19. The summed E-state index contributed by atoms with van der Waals surface area (Å²) in [6, 6.07) is 0. The molecule has 0 radical (unpaired) electrons. The van der Waals surface area contributed by atoms with Gasteiger partial charge in [0.15, 0.2) is 0 Å². The van der Waals surface area contributed by atoms with Crippen LogP contribution in [0.1, 0.15) is 90.9 Å². The number of aliphatic carboxylic acids is 2. The Kier molecular flexibility index (Phi) is 12.9. The van der Waals surface area contributed by atoms with E-state index in [1.165, 1.54) is 25.7 Å². The Balaban J connectivity index is 4.21. The summed E-state index contributed by atoms with van der Waals surface area (Å²) in [5.41, 5.74) is 0. The molecule has 2 N–H and O–H groups in total. The summed E-state index contributed by atoms with van der Waals surface area (Å²) in [7, 11) is 0. The first-order chi connectivity index (χ1) is 10.5. The Hall–Kier alpha value is -1.06. The summed E-state index contributed by atoms with van der Waals surface area (Å²) < 4.78 is 0. The van der Waals surface area contributed by atoms with Crippen LogP contribution in [0.25, 0.3) is 0 Å². The van der Waals surface area contributed by atoms with E-state index >= 15 is 0 Å². The zero-order chi connectivity index (χ0) is 16.8. The summed E-state index contributed by atoms with van der Waals surface area (Å²) >= 11 is 0. The van der Waals surface area contributed by atoms with Crippen molar-refractivity contribution in [2.45, 2.75) is 90.9 Å². The van der Waals surface area contributed by atoms with Crippen molar-refractivity contribution in [3.05, 3.63) is 0 Å². The lowest BCUT2D eigenvalue weighted by atomic mass is 9.85. The van der Waals surface area contributed by atoms with Gasteiger partial charge in [0.1, 0.15) is 0 Å². The van der Waals surface area contributed by atoms with Crippen LogP contribution in [0.4, 0.5) is 0 Å². The molecule has 0 saturated carbocycles. The smallest absolute Gasteiger partial charge is 0.306 e. The molecule has 0 saturated heterocycles. The van der Waals surface area contributed by atoms with E-state index in [-0.39, 0.29) is 18.3 Å². The Bertz CT molecular complexity index is 301. The monoisotopic (exact) mass is 314 g/mol. The molecule has 4 heteroatoms. The first-order valence-corrected chi connectivity index (χ1v) is 8.95. The average molecular weight is 314 g/mol. The van der Waals surface area contributed by atoms with E-state index in [2.05, 4.69) is 13.8 Å². The van der Waals surface area contributed by atoms with Crippen LogP contribution < -0.4 is 0 Å². The molecule has 0 rings (SSSR count). The average Bonchev–Trinajstić information content (AvgIpc) is 2.46. The number of hydrogen-bond acceptors (Lipinski definition) is 2. The molecular formula is C18H34O4. The molecule has 0 fully saturated rings. The number of carboxylic acid groups (broad SMARTS) is 2. The predicted molar refractivity (Wildman–Crippen MR) is 89.0 cm³/mol. The molecule has 0 aliphatic carbocycles. The number of carboxylic acids is 2. The van der Waals surface area contributed by atoms with Crippen LogP contribution in [-0.2, 0) is 9.59 Å². The van der Waals surface area contributed by atoms with Crippen LogP contribution in [0.5, 0.6) is 0 Å². The van der Waals surface area contributed by atoms with Gasteiger partial charge in [-0.05, 0) is 25.2 Å². The third kappa shape index (κ3) is 11.6. The molecule has 0 aromatic heterocycles. The van der Waals surface area contributed by atoms with Crippen molar-refractivity contribution in [2.24, 2.45) is 11.8 Å². The van der Waals surface area contributed by atoms with Gasteiger partial charge in [-0.3, -0.25) is 9.59 Å². The van der Waals surface area contributed by atoms with Crippen LogP contribution in [0.2, 0.25) is 0 Å². The van der Waals surface area contributed by atoms with Crippen molar-refractivity contribution in [1.82, 2.24) is 0 Å². The van der Waals surface area contributed by atoms with Gasteiger partial charge in [-0.25, -0.2) is 0 Å². The standard InChI is InChI=1S/C18H34O4/c1-3-5-7-8-9-10-12-16(18(21)22)13-15(11-6-4-2)14-17(19)20/h15-16H,3-14H2,1-2H3,(H,19,20)(H,21,22). The lowest BCUT2D eigenvalue weighted by Crippen LogP contribution is -2.20. The van der Waals surface area contributed by atoms with Crippen molar-refractivity contribution >= 4 is 11.9 Å². The van der Waals surface area contributed by atoms with E-state index in [0.29, 0.717) is 12.8 Å². The van der Waals surface area contributed by atoms with Gasteiger partial charge < -0.3 is 10.2 Å². The van der Waals surface area contributed by atoms with Crippen molar-refractivity contribution in [3.8, 4) is 0 Å². The minimum absolute atomic E-state index is 0.00126. The Morgan fingerprint density at radius 1 is 0.818 bits per heavy atom. The fraction of sp³-hybridized carbons (Fsp3) is 0.889. The predicted octanol–water partition coefficient (Wildman–Crippen LogP) is 5.11. The van der Waals surface area contributed by atoms with Crippen LogP contribution in [0, 0.1) is 11.8 Å². The minimum atomic E-state index is -0.815. The van der Waals surface area contributed by atoms with Crippen molar-refractivity contribution < 1.29 is 19.8 Å². The van der Waals surface area contributed by atoms with E-state index < -0.39 is 11.9 Å². The molecule has 0 aliphatic heterocycles. The number of unbranched alkanes of at least 4 members (excludes halogenated alkanes) is 6. The van der Waals surface area contributed by atoms with E-state index in [1.807, 2.05) is 0 Å². The first kappa shape index (κ1) is 20.9. The normalized spacial score (nSPS) is 13.7. The largest absolute Gasteiger partial charge is 0.481 e. The molecule has 0 spiro atoms. The molecular weight excluding hydrogens is 280 g/mol. The van der Waals surface area contributed by atoms with Crippen LogP contribution in [0.15, 0.2) is 0 Å². The van der Waals surface area contributed by atoms with Crippen LogP contribution >= 0.6 is 0 Å². The molecule has 0 aromatic rings. The Labute approximate surface area is 135 Å². The maximum Gasteiger partial charge on any atom is 0.306 e. The summed E-state index contributed by atoms with van der Waals surface area (Å²) in [6.07, 6.45) is 11.0. The van der Waals surface area contributed by atoms with Crippen molar-refractivity contribution in [1.29, 1.82) is 0 Å². The van der Waals surface area contributed by atoms with Crippen LogP contribution in [0.3, 0.4) is 0 Å². The summed E-state index contributed by atoms with van der Waals surface area (Å²) in [5, 5.41) is 18.4. The summed E-state index contributed by atoms with van der Waals surface area (Å²) in [4.78, 5) is 22.4. The first-order valence-electron chi connectivity index (χ1n) is 8.95. The number of hydrogen-bond donors (Lipinski definition) is 2. The van der Waals surface area contributed by atoms with E-state index in [1.54, 1.807) is 0 Å². The SMILES string of the molecule is CCCCCCCCC(CC(CCCC)CC(=O)O)C(=O)O. The van der Waals surface area contributed by atoms with E-state index in [0.717, 1.165) is 32.1 Å². The lowest BCUT2D eigenvalue weighted by molar-refractivity contribution is -0.144. The summed E-state index contributed by atoms with van der Waals surface area (Å²) in [5.74, 6) is -1.96. The molecule has 0 aromatic carbocycles. The Morgan fingerprint density at radius 3 is 1.95 bits per heavy atom. The molecule has 0 heterocycles. The zero-order valence-electron chi connectivity index (χ0n) is 14.4. The van der Waals surface area contributed by atoms with Gasteiger partial charge in [0.05, 0.1) is 5.92 Å². The second-order valence-corrected chi connectivity index (χ2v) is 6.43. The van der Waals surface area contributed by atoms with Gasteiger partial charge in [0.25, 0.3) is 0 Å². The number of carbonyl (C=O) groups is 2. The van der Waals surface area contributed by atoms with Gasteiger partial charge in [-0.15, -0.1) is 0 Å². The molecule has 4 nitrogen and oxygen atoms in total. The van der Waals surface area contributed by atoms with Crippen molar-refractivity contribution in [2.75, 3.05) is 0 Å². The molecule has 2 unspecified atom stereocenters. The molecule has 0 aliphatic rings. The van der Waals surface area contributed by atoms with Gasteiger partial charge in [-0.1, -0.05) is 65.2 Å². The molecule has 0 bridgehead atoms.